The lowest BCUT2D eigenvalue weighted by Crippen LogP contribution is -2.46. The summed E-state index contributed by atoms with van der Waals surface area (Å²) < 4.78 is 41.7. The molecule has 1 unspecified atom stereocenters. The average Bonchev–Trinajstić information content (AvgIpc) is 2.30. The van der Waals surface area contributed by atoms with Crippen LogP contribution in [0.25, 0.3) is 0 Å². The third kappa shape index (κ3) is 6.42. The molecule has 0 aromatic rings. The van der Waals surface area contributed by atoms with Crippen molar-refractivity contribution < 1.29 is 27.5 Å². The van der Waals surface area contributed by atoms with E-state index in [0.717, 1.165) is 7.11 Å². The second-order valence-corrected chi connectivity index (χ2v) is 4.48. The van der Waals surface area contributed by atoms with E-state index in [0.29, 0.717) is 4.90 Å². The monoisotopic (exact) mass is 284 g/mol. The van der Waals surface area contributed by atoms with Crippen LogP contribution in [0.4, 0.5) is 13.2 Å². The number of halogens is 3. The minimum absolute atomic E-state index is 0.104. The highest BCUT2D eigenvalue weighted by atomic mass is 19.4. The van der Waals surface area contributed by atoms with Gasteiger partial charge in [-0.25, -0.2) is 0 Å². The fraction of sp³-hybridized carbons (Fsp3) is 0.818. The number of likely N-dealkylation sites (N-methyl/N-ethyl adjacent to an activating group) is 1. The Balaban J connectivity index is 4.77. The van der Waals surface area contributed by atoms with Gasteiger partial charge in [0, 0.05) is 19.6 Å². The van der Waals surface area contributed by atoms with Crippen molar-refractivity contribution in [1.82, 2.24) is 9.80 Å². The van der Waals surface area contributed by atoms with Gasteiger partial charge in [-0.05, 0) is 14.1 Å². The number of hydrogen-bond acceptors (Lipinski definition) is 4. The van der Waals surface area contributed by atoms with Crippen LogP contribution in [0.15, 0.2) is 0 Å². The zero-order valence-electron chi connectivity index (χ0n) is 11.5. The normalized spacial score (nSPS) is 13.3. The summed E-state index contributed by atoms with van der Waals surface area (Å²) in [5.41, 5.74) is 0. The van der Waals surface area contributed by atoms with Crippen molar-refractivity contribution in [1.29, 1.82) is 0 Å². The molecule has 1 amide bonds. The van der Waals surface area contributed by atoms with E-state index in [1.165, 1.54) is 6.92 Å². The molecule has 5 nitrogen and oxygen atoms in total. The van der Waals surface area contributed by atoms with Gasteiger partial charge >= 0.3 is 18.1 Å². The van der Waals surface area contributed by atoms with Crippen molar-refractivity contribution in [2.75, 3.05) is 40.8 Å². The number of alkyl halides is 3. The Labute approximate surface area is 110 Å². The first-order valence-electron chi connectivity index (χ1n) is 5.68. The summed E-state index contributed by atoms with van der Waals surface area (Å²) >= 11 is 0. The first-order valence-corrected chi connectivity index (χ1v) is 5.68. The molecule has 1 atom stereocenters. The zero-order chi connectivity index (χ0) is 15.2. The number of hydrogen-bond donors (Lipinski definition) is 0. The van der Waals surface area contributed by atoms with Gasteiger partial charge in [-0.15, -0.1) is 0 Å². The second kappa shape index (κ2) is 7.32. The van der Waals surface area contributed by atoms with Crippen molar-refractivity contribution in [3.63, 3.8) is 0 Å². The molecule has 0 aliphatic rings. The van der Waals surface area contributed by atoms with E-state index in [-0.39, 0.29) is 19.6 Å². The molecule has 0 aliphatic carbocycles. The van der Waals surface area contributed by atoms with Crippen LogP contribution in [-0.4, -0.2) is 68.7 Å². The molecule has 0 aromatic heterocycles. The van der Waals surface area contributed by atoms with E-state index in [9.17, 15) is 22.8 Å². The molecule has 8 heteroatoms. The number of esters is 1. The highest BCUT2D eigenvalue weighted by molar-refractivity contribution is 5.82. The van der Waals surface area contributed by atoms with E-state index in [1.54, 1.807) is 19.0 Å². The van der Waals surface area contributed by atoms with Crippen LogP contribution in [0.1, 0.15) is 6.92 Å². The average molecular weight is 284 g/mol. The van der Waals surface area contributed by atoms with Gasteiger partial charge in [-0.1, -0.05) is 6.92 Å². The summed E-state index contributed by atoms with van der Waals surface area (Å²) in [6.45, 7) is 1.26. The van der Waals surface area contributed by atoms with Gasteiger partial charge in [0.1, 0.15) is 0 Å². The topological polar surface area (TPSA) is 49.9 Å². The van der Waals surface area contributed by atoms with Crippen LogP contribution in [0.3, 0.4) is 0 Å². The predicted molar refractivity (Wildman–Crippen MR) is 62.4 cm³/mol. The molecule has 0 aliphatic heterocycles. The molecule has 0 heterocycles. The Morgan fingerprint density at radius 1 is 1.21 bits per heavy atom. The molecule has 0 fully saturated rings. The van der Waals surface area contributed by atoms with Crippen LogP contribution >= 0.6 is 0 Å². The maximum atomic E-state index is 12.4. The predicted octanol–water partition coefficient (Wildman–Crippen LogP) is 0.748. The molecule has 0 spiro atoms. The first kappa shape index (κ1) is 17.7. The van der Waals surface area contributed by atoms with Crippen molar-refractivity contribution in [2.24, 2.45) is 5.92 Å². The first-order chi connectivity index (χ1) is 8.59. The Morgan fingerprint density at radius 2 is 1.74 bits per heavy atom. The number of nitrogens with zero attached hydrogens (tertiary/aromatic N) is 2. The number of carbonyl (C=O) groups excluding carboxylic acids is 2. The van der Waals surface area contributed by atoms with Gasteiger partial charge in [0.05, 0.1) is 13.0 Å². The molecule has 0 saturated carbocycles. The minimum Gasteiger partial charge on any atom is -0.469 e. The van der Waals surface area contributed by atoms with Gasteiger partial charge in [-0.2, -0.15) is 13.2 Å². The molecule has 0 radical (unpaired) electrons. The second-order valence-electron chi connectivity index (χ2n) is 4.48. The van der Waals surface area contributed by atoms with Crippen molar-refractivity contribution in [2.45, 2.75) is 13.1 Å². The lowest BCUT2D eigenvalue weighted by atomic mass is 10.1. The fourth-order valence-corrected chi connectivity index (χ4v) is 1.38. The summed E-state index contributed by atoms with van der Waals surface area (Å²) in [5, 5.41) is 0. The largest absolute Gasteiger partial charge is 0.471 e. The minimum atomic E-state index is -4.94. The molecule has 0 saturated heterocycles. The molecular formula is C11H19F3N2O3. The number of ether oxygens (including phenoxy) is 1. The Bertz CT molecular complexity index is 319. The van der Waals surface area contributed by atoms with E-state index < -0.39 is 24.0 Å². The molecule has 0 aromatic carbocycles. The highest BCUT2D eigenvalue weighted by Gasteiger charge is 2.43. The molecular weight excluding hydrogens is 265 g/mol. The third-order valence-electron chi connectivity index (χ3n) is 2.44. The summed E-state index contributed by atoms with van der Waals surface area (Å²) in [6, 6.07) is 0. The smallest absolute Gasteiger partial charge is 0.469 e. The maximum Gasteiger partial charge on any atom is 0.471 e. The number of rotatable bonds is 6. The van der Waals surface area contributed by atoms with Crippen molar-refractivity contribution in [3.05, 3.63) is 0 Å². The van der Waals surface area contributed by atoms with Gasteiger partial charge in [0.25, 0.3) is 0 Å². The van der Waals surface area contributed by atoms with Crippen LogP contribution in [-0.2, 0) is 14.3 Å². The van der Waals surface area contributed by atoms with Gasteiger partial charge in [-0.3, -0.25) is 9.59 Å². The van der Waals surface area contributed by atoms with E-state index in [1.807, 2.05) is 0 Å². The van der Waals surface area contributed by atoms with Crippen molar-refractivity contribution in [3.8, 4) is 0 Å². The van der Waals surface area contributed by atoms with Gasteiger partial charge in [0.2, 0.25) is 0 Å². The molecule has 19 heavy (non-hydrogen) atoms. The lowest BCUT2D eigenvalue weighted by molar-refractivity contribution is -0.186. The van der Waals surface area contributed by atoms with Crippen LogP contribution in [0.5, 0.6) is 0 Å². The van der Waals surface area contributed by atoms with E-state index >= 15 is 0 Å². The molecule has 0 rings (SSSR count). The Kier molecular flexibility index (Phi) is 6.82. The van der Waals surface area contributed by atoms with Crippen LogP contribution in [0.2, 0.25) is 0 Å². The SMILES string of the molecule is COC(=O)C(C)CN(CCN(C)C)C(=O)C(F)(F)F. The van der Waals surface area contributed by atoms with E-state index in [2.05, 4.69) is 4.74 Å². The fourth-order valence-electron chi connectivity index (χ4n) is 1.38. The lowest BCUT2D eigenvalue weighted by Gasteiger charge is -2.27. The molecule has 0 N–H and O–H groups in total. The van der Waals surface area contributed by atoms with Gasteiger partial charge < -0.3 is 14.5 Å². The van der Waals surface area contributed by atoms with E-state index in [4.69, 9.17) is 0 Å². The number of amides is 1. The summed E-state index contributed by atoms with van der Waals surface area (Å²) in [7, 11) is 4.51. The quantitative estimate of drug-likeness (QED) is 0.675. The number of carbonyl (C=O) groups is 2. The summed E-state index contributed by atoms with van der Waals surface area (Å²) in [6.07, 6.45) is -4.94. The maximum absolute atomic E-state index is 12.4. The summed E-state index contributed by atoms with van der Waals surface area (Å²) in [5.74, 6) is -3.40. The van der Waals surface area contributed by atoms with Crippen molar-refractivity contribution >= 4 is 11.9 Å². The third-order valence-corrected chi connectivity index (χ3v) is 2.44. The van der Waals surface area contributed by atoms with Gasteiger partial charge in [0.15, 0.2) is 0 Å². The number of methoxy groups -OCH3 is 1. The molecule has 112 valence electrons. The standard InChI is InChI=1S/C11H19F3N2O3/c1-8(9(17)19-4)7-16(6-5-15(2)3)10(18)11(12,13)14/h8H,5-7H2,1-4H3. The zero-order valence-corrected chi connectivity index (χ0v) is 11.5. The highest BCUT2D eigenvalue weighted by Crippen LogP contribution is 2.19. The Hall–Kier alpha value is -1.31. The molecule has 0 bridgehead atoms. The Morgan fingerprint density at radius 3 is 2.11 bits per heavy atom. The van der Waals surface area contributed by atoms with Crippen LogP contribution in [0, 0.1) is 5.92 Å². The summed E-state index contributed by atoms with van der Waals surface area (Å²) in [4.78, 5) is 24.7. The van der Waals surface area contributed by atoms with Crippen LogP contribution < -0.4 is 0 Å².